The van der Waals surface area contributed by atoms with Crippen LogP contribution < -0.4 is 9.62 Å². The quantitative estimate of drug-likeness (QED) is 0.355. The molecule has 1 atom stereocenters. The molecule has 0 fully saturated rings. The van der Waals surface area contributed by atoms with Crippen LogP contribution in [0, 0.1) is 0 Å². The first kappa shape index (κ1) is 30.1. The Kier molecular flexibility index (Phi) is 10.5. The number of para-hydroxylation sites is 1. The van der Waals surface area contributed by atoms with Crippen molar-refractivity contribution < 1.29 is 18.0 Å². The lowest BCUT2D eigenvalue weighted by atomic mass is 10.0. The maximum absolute atomic E-state index is 14.1. The second-order valence-corrected chi connectivity index (χ2v) is 12.2. The first-order valence-electron chi connectivity index (χ1n) is 12.6. The van der Waals surface area contributed by atoms with Gasteiger partial charge >= 0.3 is 10.2 Å². The summed E-state index contributed by atoms with van der Waals surface area (Å²) in [5.74, 6) is -0.836. The van der Waals surface area contributed by atoms with E-state index in [1.54, 1.807) is 54.6 Å². The molecular weight excluding hydrogens is 536 g/mol. The summed E-state index contributed by atoms with van der Waals surface area (Å²) in [4.78, 5) is 29.1. The van der Waals surface area contributed by atoms with Crippen molar-refractivity contribution in [1.29, 1.82) is 0 Å². The molecule has 0 unspecified atom stereocenters. The predicted molar refractivity (Wildman–Crippen MR) is 156 cm³/mol. The largest absolute Gasteiger partial charge is 0.352 e. The van der Waals surface area contributed by atoms with Gasteiger partial charge in [0.15, 0.2) is 0 Å². The Morgan fingerprint density at radius 2 is 1.41 bits per heavy atom. The molecule has 3 aromatic rings. The molecule has 0 aromatic heterocycles. The number of amides is 2. The van der Waals surface area contributed by atoms with E-state index in [0.717, 1.165) is 19.7 Å². The zero-order valence-electron chi connectivity index (χ0n) is 22.6. The van der Waals surface area contributed by atoms with E-state index in [4.69, 9.17) is 11.6 Å². The maximum Gasteiger partial charge on any atom is 0.304 e. The van der Waals surface area contributed by atoms with Gasteiger partial charge in [0.25, 0.3) is 0 Å². The average Bonchev–Trinajstić information content (AvgIpc) is 2.90. The molecule has 208 valence electrons. The van der Waals surface area contributed by atoms with Crippen molar-refractivity contribution in [3.8, 4) is 0 Å². The Labute approximate surface area is 236 Å². The predicted octanol–water partition coefficient (Wildman–Crippen LogP) is 4.12. The van der Waals surface area contributed by atoms with Crippen LogP contribution in [0.3, 0.4) is 0 Å². The van der Waals surface area contributed by atoms with Crippen LogP contribution >= 0.6 is 11.6 Å². The molecule has 0 saturated carbocycles. The average molecular weight is 571 g/mol. The second-order valence-electron chi connectivity index (χ2n) is 9.65. The van der Waals surface area contributed by atoms with Gasteiger partial charge in [-0.15, -0.1) is 0 Å². The van der Waals surface area contributed by atoms with Gasteiger partial charge in [0.1, 0.15) is 12.6 Å². The molecule has 1 N–H and O–H groups in total. The van der Waals surface area contributed by atoms with Crippen molar-refractivity contribution in [2.45, 2.75) is 38.9 Å². The summed E-state index contributed by atoms with van der Waals surface area (Å²) in [5, 5.41) is 3.48. The number of hydrogen-bond donors (Lipinski definition) is 1. The van der Waals surface area contributed by atoms with Crippen LogP contribution in [0.15, 0.2) is 84.9 Å². The SMILES string of the molecule is CC(C)NC(=O)[C@H](Cc1ccccc1)N(Cc1ccc(Cl)cc1)C(=O)CN(c1ccccc1)S(=O)(=O)N(C)C. The topological polar surface area (TPSA) is 90.0 Å². The number of anilines is 1. The molecule has 0 heterocycles. The summed E-state index contributed by atoms with van der Waals surface area (Å²) in [6.07, 6.45) is 0.254. The smallest absolute Gasteiger partial charge is 0.304 e. The van der Waals surface area contributed by atoms with E-state index < -0.39 is 28.7 Å². The third-order valence-corrected chi connectivity index (χ3v) is 8.10. The van der Waals surface area contributed by atoms with E-state index in [2.05, 4.69) is 5.32 Å². The molecule has 0 saturated heterocycles. The minimum Gasteiger partial charge on any atom is -0.352 e. The van der Waals surface area contributed by atoms with Gasteiger partial charge in [0, 0.05) is 38.1 Å². The van der Waals surface area contributed by atoms with Gasteiger partial charge in [0.2, 0.25) is 11.8 Å². The summed E-state index contributed by atoms with van der Waals surface area (Å²) in [5.41, 5.74) is 1.97. The summed E-state index contributed by atoms with van der Waals surface area (Å²) >= 11 is 6.08. The van der Waals surface area contributed by atoms with Crippen molar-refractivity contribution in [1.82, 2.24) is 14.5 Å². The van der Waals surface area contributed by atoms with E-state index in [-0.39, 0.29) is 24.9 Å². The lowest BCUT2D eigenvalue weighted by Crippen LogP contribution is -2.55. The van der Waals surface area contributed by atoms with E-state index in [0.29, 0.717) is 10.7 Å². The van der Waals surface area contributed by atoms with Crippen molar-refractivity contribution in [2.75, 3.05) is 24.9 Å². The number of rotatable bonds is 12. The molecule has 0 aliphatic heterocycles. The Morgan fingerprint density at radius 1 is 0.846 bits per heavy atom. The minimum absolute atomic E-state index is 0.0870. The summed E-state index contributed by atoms with van der Waals surface area (Å²) < 4.78 is 28.7. The Morgan fingerprint density at radius 3 is 1.95 bits per heavy atom. The van der Waals surface area contributed by atoms with Gasteiger partial charge in [-0.3, -0.25) is 9.59 Å². The second kappa shape index (κ2) is 13.6. The van der Waals surface area contributed by atoms with Crippen molar-refractivity contribution in [3.05, 3.63) is 101 Å². The highest BCUT2D eigenvalue weighted by molar-refractivity contribution is 7.90. The van der Waals surface area contributed by atoms with Gasteiger partial charge in [0.05, 0.1) is 5.69 Å². The van der Waals surface area contributed by atoms with Gasteiger partial charge in [-0.1, -0.05) is 72.3 Å². The molecule has 0 aliphatic carbocycles. The Balaban J connectivity index is 2.07. The zero-order chi connectivity index (χ0) is 28.6. The monoisotopic (exact) mass is 570 g/mol. The molecule has 10 heteroatoms. The van der Waals surface area contributed by atoms with Crippen LogP contribution in [-0.4, -0.2) is 62.2 Å². The number of benzene rings is 3. The Bertz CT molecular complexity index is 1330. The van der Waals surface area contributed by atoms with Crippen LogP contribution in [0.4, 0.5) is 5.69 Å². The van der Waals surface area contributed by atoms with Crippen LogP contribution in [0.25, 0.3) is 0 Å². The molecule has 0 aliphatic rings. The molecule has 3 aromatic carbocycles. The molecular formula is C29H35ClN4O4S. The van der Waals surface area contributed by atoms with E-state index in [9.17, 15) is 18.0 Å². The highest BCUT2D eigenvalue weighted by Gasteiger charge is 2.34. The number of nitrogens with one attached hydrogen (secondary N) is 1. The van der Waals surface area contributed by atoms with Crippen LogP contribution in [0.5, 0.6) is 0 Å². The number of carbonyl (C=O) groups is 2. The van der Waals surface area contributed by atoms with Gasteiger partial charge in [-0.2, -0.15) is 12.7 Å². The number of carbonyl (C=O) groups excluding carboxylic acids is 2. The van der Waals surface area contributed by atoms with Crippen LogP contribution in [-0.2, 0) is 32.8 Å². The van der Waals surface area contributed by atoms with Gasteiger partial charge in [-0.25, -0.2) is 4.31 Å². The lowest BCUT2D eigenvalue weighted by Gasteiger charge is -2.34. The molecule has 0 spiro atoms. The highest BCUT2D eigenvalue weighted by Crippen LogP contribution is 2.22. The molecule has 39 heavy (non-hydrogen) atoms. The Hall–Kier alpha value is -3.40. The first-order chi connectivity index (χ1) is 18.5. The summed E-state index contributed by atoms with van der Waals surface area (Å²) in [7, 11) is -1.20. The van der Waals surface area contributed by atoms with E-state index in [1.807, 2.05) is 44.2 Å². The van der Waals surface area contributed by atoms with Crippen LogP contribution in [0.1, 0.15) is 25.0 Å². The van der Waals surface area contributed by atoms with E-state index >= 15 is 0 Å². The first-order valence-corrected chi connectivity index (χ1v) is 14.4. The van der Waals surface area contributed by atoms with Gasteiger partial charge in [-0.05, 0) is 49.2 Å². The molecule has 2 amide bonds. The third-order valence-electron chi connectivity index (χ3n) is 6.03. The zero-order valence-corrected chi connectivity index (χ0v) is 24.2. The fraction of sp³-hybridized carbons (Fsp3) is 0.310. The fourth-order valence-corrected chi connectivity index (χ4v) is 5.21. The number of halogens is 1. The third kappa shape index (κ3) is 8.29. The standard InChI is InChI=1S/C29H35ClN4O4S/c1-22(2)31-29(36)27(19-23-11-7-5-8-12-23)33(20-24-15-17-25(30)18-16-24)28(35)21-34(39(37,38)32(3)4)26-13-9-6-10-14-26/h5-18,22,27H,19-21H2,1-4H3,(H,31,36)/t27-/m0/s1. The van der Waals surface area contributed by atoms with Crippen molar-refractivity contribution >= 4 is 39.3 Å². The maximum atomic E-state index is 14.1. The molecule has 3 rings (SSSR count). The molecule has 0 radical (unpaired) electrons. The van der Waals surface area contributed by atoms with Crippen LogP contribution in [0.2, 0.25) is 5.02 Å². The number of hydrogen-bond acceptors (Lipinski definition) is 4. The number of nitrogens with zero attached hydrogens (tertiary/aromatic N) is 3. The fourth-order valence-electron chi connectivity index (χ4n) is 4.03. The summed E-state index contributed by atoms with van der Waals surface area (Å²) in [6.45, 7) is 3.30. The van der Waals surface area contributed by atoms with E-state index in [1.165, 1.54) is 19.0 Å². The van der Waals surface area contributed by atoms with Gasteiger partial charge < -0.3 is 10.2 Å². The highest BCUT2D eigenvalue weighted by atomic mass is 35.5. The normalized spacial score (nSPS) is 12.3. The minimum atomic E-state index is -4.02. The lowest BCUT2D eigenvalue weighted by molar-refractivity contribution is -0.140. The van der Waals surface area contributed by atoms with Crippen molar-refractivity contribution in [3.63, 3.8) is 0 Å². The summed E-state index contributed by atoms with van der Waals surface area (Å²) in [6, 6.07) is 23.8. The molecule has 0 bridgehead atoms. The molecule has 8 nitrogen and oxygen atoms in total. The van der Waals surface area contributed by atoms with Crippen molar-refractivity contribution in [2.24, 2.45) is 0 Å².